The maximum absolute atomic E-state index is 13.1. The number of para-hydroxylation sites is 1. The van der Waals surface area contributed by atoms with Gasteiger partial charge in [-0.3, -0.25) is 4.79 Å². The lowest BCUT2D eigenvalue weighted by atomic mass is 10.1. The third-order valence-electron chi connectivity index (χ3n) is 2.88. The summed E-state index contributed by atoms with van der Waals surface area (Å²) in [5, 5.41) is 5.49. The predicted molar refractivity (Wildman–Crippen MR) is 73.5 cm³/mol. The molecule has 2 aromatic carbocycles. The Morgan fingerprint density at radius 3 is 2.33 bits per heavy atom. The minimum atomic E-state index is -1.60. The number of benzene rings is 2. The van der Waals surface area contributed by atoms with Crippen molar-refractivity contribution < 1.29 is 18.0 Å². The first-order chi connectivity index (χ1) is 10.0. The van der Waals surface area contributed by atoms with Crippen molar-refractivity contribution in [3.63, 3.8) is 0 Å². The molecule has 0 aliphatic carbocycles. The van der Waals surface area contributed by atoms with E-state index in [1.54, 1.807) is 31.3 Å². The van der Waals surface area contributed by atoms with Crippen LogP contribution in [0.15, 0.2) is 36.4 Å². The summed E-state index contributed by atoms with van der Waals surface area (Å²) in [4.78, 5) is 12.0. The van der Waals surface area contributed by atoms with Gasteiger partial charge in [0, 0.05) is 17.8 Å². The van der Waals surface area contributed by atoms with Gasteiger partial charge in [-0.05, 0) is 30.8 Å². The molecule has 2 aromatic rings. The number of rotatable bonds is 4. The van der Waals surface area contributed by atoms with Crippen LogP contribution in [0.3, 0.4) is 0 Å². The summed E-state index contributed by atoms with van der Waals surface area (Å²) in [7, 11) is 1.75. The number of amides is 1. The number of hydrogen-bond donors (Lipinski definition) is 2. The third-order valence-corrected chi connectivity index (χ3v) is 2.88. The topological polar surface area (TPSA) is 41.1 Å². The molecule has 0 spiro atoms. The molecular formula is C15H13F3N2O. The van der Waals surface area contributed by atoms with Gasteiger partial charge >= 0.3 is 0 Å². The van der Waals surface area contributed by atoms with E-state index in [9.17, 15) is 18.0 Å². The molecule has 3 nitrogen and oxygen atoms in total. The molecule has 0 heterocycles. The number of nitrogens with one attached hydrogen (secondary N) is 2. The quantitative estimate of drug-likeness (QED) is 0.851. The van der Waals surface area contributed by atoms with Crippen molar-refractivity contribution in [2.75, 3.05) is 12.4 Å². The van der Waals surface area contributed by atoms with Crippen LogP contribution in [-0.2, 0) is 6.54 Å². The van der Waals surface area contributed by atoms with Gasteiger partial charge in [-0.2, -0.15) is 0 Å². The summed E-state index contributed by atoms with van der Waals surface area (Å²) in [5.74, 6) is -5.11. The van der Waals surface area contributed by atoms with Crippen molar-refractivity contribution >= 4 is 11.6 Å². The lowest BCUT2D eigenvalue weighted by molar-refractivity contribution is 0.102. The predicted octanol–water partition coefficient (Wildman–Crippen LogP) is 3.08. The van der Waals surface area contributed by atoms with E-state index in [-0.39, 0.29) is 5.56 Å². The molecule has 2 N–H and O–H groups in total. The molecule has 2 rings (SSSR count). The van der Waals surface area contributed by atoms with E-state index in [1.165, 1.54) is 0 Å². The van der Waals surface area contributed by atoms with E-state index in [1.807, 2.05) is 0 Å². The molecule has 0 saturated heterocycles. The molecule has 0 bridgehead atoms. The minimum Gasteiger partial charge on any atom is -0.322 e. The van der Waals surface area contributed by atoms with Crippen LogP contribution >= 0.6 is 0 Å². The maximum atomic E-state index is 13.1. The first kappa shape index (κ1) is 15.1. The van der Waals surface area contributed by atoms with Crippen molar-refractivity contribution in [1.82, 2.24) is 5.32 Å². The fraction of sp³-hybridized carbons (Fsp3) is 0.133. The average Bonchev–Trinajstić information content (AvgIpc) is 2.46. The highest BCUT2D eigenvalue weighted by atomic mass is 19.2. The summed E-state index contributed by atoms with van der Waals surface area (Å²) in [6.45, 7) is 0.516. The van der Waals surface area contributed by atoms with Gasteiger partial charge in [0.05, 0.1) is 0 Å². The van der Waals surface area contributed by atoms with Crippen LogP contribution in [0.5, 0.6) is 0 Å². The third kappa shape index (κ3) is 3.41. The van der Waals surface area contributed by atoms with Gasteiger partial charge in [0.1, 0.15) is 0 Å². The SMILES string of the molecule is CNCc1ccccc1NC(=O)c1cc(F)c(F)c(F)c1. The van der Waals surface area contributed by atoms with Crippen molar-refractivity contribution in [3.8, 4) is 0 Å². The van der Waals surface area contributed by atoms with Crippen molar-refractivity contribution in [2.24, 2.45) is 0 Å². The van der Waals surface area contributed by atoms with Crippen LogP contribution in [0, 0.1) is 17.5 Å². The molecule has 0 radical (unpaired) electrons. The lowest BCUT2D eigenvalue weighted by Crippen LogP contribution is -2.16. The summed E-state index contributed by atoms with van der Waals surface area (Å²) >= 11 is 0. The van der Waals surface area contributed by atoms with Gasteiger partial charge in [-0.25, -0.2) is 13.2 Å². The van der Waals surface area contributed by atoms with E-state index in [4.69, 9.17) is 0 Å². The standard InChI is InChI=1S/C15H13F3N2O/c1-19-8-9-4-2-3-5-13(9)20-15(21)10-6-11(16)14(18)12(17)7-10/h2-7,19H,8H2,1H3,(H,20,21). The van der Waals surface area contributed by atoms with E-state index in [0.29, 0.717) is 24.4 Å². The zero-order chi connectivity index (χ0) is 15.4. The monoisotopic (exact) mass is 294 g/mol. The smallest absolute Gasteiger partial charge is 0.255 e. The molecule has 21 heavy (non-hydrogen) atoms. The van der Waals surface area contributed by atoms with Gasteiger partial charge < -0.3 is 10.6 Å². The second-order valence-electron chi connectivity index (χ2n) is 4.40. The van der Waals surface area contributed by atoms with Crippen LogP contribution in [0.4, 0.5) is 18.9 Å². The molecule has 0 aromatic heterocycles. The second-order valence-corrected chi connectivity index (χ2v) is 4.40. The largest absolute Gasteiger partial charge is 0.322 e. The van der Waals surface area contributed by atoms with Gasteiger partial charge in [-0.1, -0.05) is 18.2 Å². The van der Waals surface area contributed by atoms with Crippen LogP contribution in [0.2, 0.25) is 0 Å². The van der Waals surface area contributed by atoms with E-state index < -0.39 is 23.4 Å². The highest BCUT2D eigenvalue weighted by molar-refractivity contribution is 6.04. The zero-order valence-corrected chi connectivity index (χ0v) is 11.2. The normalized spacial score (nSPS) is 10.5. The summed E-state index contributed by atoms with van der Waals surface area (Å²) in [6.07, 6.45) is 0. The zero-order valence-electron chi connectivity index (χ0n) is 11.2. The Morgan fingerprint density at radius 1 is 1.10 bits per heavy atom. The van der Waals surface area contributed by atoms with Crippen molar-refractivity contribution in [2.45, 2.75) is 6.54 Å². The highest BCUT2D eigenvalue weighted by Gasteiger charge is 2.15. The Balaban J connectivity index is 2.26. The molecule has 0 aliphatic heterocycles. The van der Waals surface area contributed by atoms with Gasteiger partial charge in [0.2, 0.25) is 0 Å². The van der Waals surface area contributed by atoms with E-state index in [2.05, 4.69) is 10.6 Å². The highest BCUT2D eigenvalue weighted by Crippen LogP contribution is 2.18. The molecule has 0 unspecified atom stereocenters. The van der Waals surface area contributed by atoms with Gasteiger partial charge in [0.25, 0.3) is 5.91 Å². The van der Waals surface area contributed by atoms with Crippen LogP contribution in [0.1, 0.15) is 15.9 Å². The minimum absolute atomic E-state index is 0.286. The second kappa shape index (κ2) is 6.41. The molecule has 0 fully saturated rings. The molecule has 0 atom stereocenters. The maximum Gasteiger partial charge on any atom is 0.255 e. The Hall–Kier alpha value is -2.34. The first-order valence-corrected chi connectivity index (χ1v) is 6.21. The Bertz CT molecular complexity index is 651. The number of carbonyl (C=O) groups is 1. The molecule has 6 heteroatoms. The molecule has 0 saturated carbocycles. The Morgan fingerprint density at radius 2 is 1.71 bits per heavy atom. The molecule has 110 valence electrons. The average molecular weight is 294 g/mol. The fourth-order valence-corrected chi connectivity index (χ4v) is 1.87. The summed E-state index contributed by atoms with van der Waals surface area (Å²) in [5.41, 5.74) is 1.05. The van der Waals surface area contributed by atoms with Crippen LogP contribution in [-0.4, -0.2) is 13.0 Å². The lowest BCUT2D eigenvalue weighted by Gasteiger charge is -2.11. The van der Waals surface area contributed by atoms with Gasteiger partial charge in [-0.15, -0.1) is 0 Å². The summed E-state index contributed by atoms with van der Waals surface area (Å²) in [6, 6.07) is 8.32. The number of halogens is 3. The molecular weight excluding hydrogens is 281 g/mol. The number of carbonyl (C=O) groups excluding carboxylic acids is 1. The van der Waals surface area contributed by atoms with Gasteiger partial charge in [0.15, 0.2) is 17.5 Å². The number of hydrogen-bond acceptors (Lipinski definition) is 2. The van der Waals surface area contributed by atoms with Crippen molar-refractivity contribution in [1.29, 1.82) is 0 Å². The van der Waals surface area contributed by atoms with E-state index >= 15 is 0 Å². The Labute approximate surface area is 119 Å². The van der Waals surface area contributed by atoms with Crippen LogP contribution < -0.4 is 10.6 Å². The first-order valence-electron chi connectivity index (χ1n) is 6.21. The van der Waals surface area contributed by atoms with Crippen LogP contribution in [0.25, 0.3) is 0 Å². The van der Waals surface area contributed by atoms with Crippen molar-refractivity contribution in [3.05, 3.63) is 65.0 Å². The Kier molecular flexibility index (Phi) is 4.59. The summed E-state index contributed by atoms with van der Waals surface area (Å²) < 4.78 is 39.1. The number of anilines is 1. The molecule has 1 amide bonds. The molecule has 0 aliphatic rings. The fourth-order valence-electron chi connectivity index (χ4n) is 1.87. The van der Waals surface area contributed by atoms with E-state index in [0.717, 1.165) is 5.56 Å².